The van der Waals surface area contributed by atoms with Crippen molar-refractivity contribution >= 4 is 51.9 Å². The van der Waals surface area contributed by atoms with Crippen LogP contribution >= 0.6 is 24.0 Å². The van der Waals surface area contributed by atoms with Crippen molar-refractivity contribution in [3.05, 3.63) is 57.8 Å². The smallest absolute Gasteiger partial charge is 0.306 e. The number of esters is 1. The van der Waals surface area contributed by atoms with Crippen LogP contribution in [0, 0.1) is 17.4 Å². The summed E-state index contributed by atoms with van der Waals surface area (Å²) in [5.74, 6) is -1.91. The van der Waals surface area contributed by atoms with Crippen molar-refractivity contribution in [3.8, 4) is 0 Å². The molecule has 70 heavy (non-hydrogen) atoms. The van der Waals surface area contributed by atoms with Crippen LogP contribution < -0.4 is 16.0 Å². The van der Waals surface area contributed by atoms with Gasteiger partial charge in [-0.1, -0.05) is 73.3 Å². The Kier molecular flexibility index (Phi) is 28.5. The highest BCUT2D eigenvalue weighted by atomic mass is 32.2. The van der Waals surface area contributed by atoms with Crippen LogP contribution in [0.5, 0.6) is 0 Å². The summed E-state index contributed by atoms with van der Waals surface area (Å²) in [6.07, 6.45) is -5.38. The third-order valence-electron chi connectivity index (χ3n) is 11.8. The van der Waals surface area contributed by atoms with E-state index in [1.807, 2.05) is 44.2 Å². The fourth-order valence-electron chi connectivity index (χ4n) is 7.69. The molecule has 0 aromatic heterocycles. The van der Waals surface area contributed by atoms with Crippen LogP contribution in [0.4, 0.5) is 0 Å². The molecule has 0 aliphatic carbocycles. The number of aliphatic hydroxyl groups is 4. The molecule has 2 rings (SSSR count). The first-order valence-electron chi connectivity index (χ1n) is 23.1. The van der Waals surface area contributed by atoms with Gasteiger partial charge in [-0.15, -0.1) is 0 Å². The molecule has 0 spiro atoms. The fraction of sp³-hybridized carbons (Fsp3) is 0.739. The van der Waals surface area contributed by atoms with Gasteiger partial charge in [0.1, 0.15) is 31.0 Å². The predicted octanol–water partition coefficient (Wildman–Crippen LogP) is 2.23. The van der Waals surface area contributed by atoms with Gasteiger partial charge in [0, 0.05) is 51.2 Å². The van der Waals surface area contributed by atoms with Crippen LogP contribution in [-0.4, -0.2) is 188 Å². The van der Waals surface area contributed by atoms with Gasteiger partial charge in [0.25, 0.3) is 0 Å². The normalized spacial score (nSPS) is 20.6. The number of hydrogen-bond donors (Lipinski definition) is 7. The molecule has 0 bridgehead atoms. The third kappa shape index (κ3) is 21.0. The van der Waals surface area contributed by atoms with E-state index in [1.165, 1.54) is 6.92 Å². The van der Waals surface area contributed by atoms with Crippen LogP contribution in [0.1, 0.15) is 72.8 Å². The summed E-state index contributed by atoms with van der Waals surface area (Å²) in [7, 11) is 0. The van der Waals surface area contributed by atoms with Gasteiger partial charge < -0.3 is 74.4 Å². The lowest BCUT2D eigenvalue weighted by Gasteiger charge is -2.48. The summed E-state index contributed by atoms with van der Waals surface area (Å²) in [5.41, 5.74) is 5.29. The number of nitrogens with one attached hydrogen (secondary N) is 3. The molecule has 3 amide bonds. The molecule has 1 heterocycles. The Morgan fingerprint density at radius 3 is 2.04 bits per heavy atom. The maximum absolute atomic E-state index is 14.7. The van der Waals surface area contributed by atoms with Gasteiger partial charge in [-0.3, -0.25) is 19.2 Å². The maximum Gasteiger partial charge on any atom is 0.306 e. The standard InChI is InChI=1S/C46H73N7O15S2/c1-32(56)52-36-38(59)37(58)34(29-55)68-39(36)67-28-26-62-19-16-50-41(60)45(5,43(2,3)30-46(6,42(61)49-15-18-54)70-40(69)33-11-9-8-10-12-33)31-44(4,48-7)14-13-35(57)66-27-25-65-24-23-64-22-21-63-20-17-51-53-47/h8-12,34,36-39,54-55,58-59H,13-31H2,1-6H3,(H,49,61)(H,50,60)(H,52,56)/t34-,36-,37?,38-,39-,44?,45?,46?/m1/s1. The largest absolute Gasteiger partial charge is 0.463 e. The molecule has 8 atom stereocenters. The minimum atomic E-state index is -1.48. The number of rotatable bonds is 35. The summed E-state index contributed by atoms with van der Waals surface area (Å²) in [5, 5.41) is 51.6. The van der Waals surface area contributed by atoms with Crippen LogP contribution in [0.15, 0.2) is 35.4 Å². The molecule has 1 aliphatic rings. The number of hydrogen-bond acceptors (Lipinski definition) is 18. The van der Waals surface area contributed by atoms with Crippen molar-refractivity contribution in [2.75, 3.05) is 98.9 Å². The van der Waals surface area contributed by atoms with Crippen LogP contribution in [0.3, 0.4) is 0 Å². The van der Waals surface area contributed by atoms with Gasteiger partial charge in [0.2, 0.25) is 23.3 Å². The summed E-state index contributed by atoms with van der Waals surface area (Å²) in [6, 6.07) is 8.05. The molecule has 0 radical (unpaired) electrons. The molecule has 1 saturated heterocycles. The first-order valence-corrected chi connectivity index (χ1v) is 24.3. The first kappa shape index (κ1) is 62.1. The van der Waals surface area contributed by atoms with E-state index in [9.17, 15) is 39.6 Å². The number of thiocarbonyl (C=S) groups is 1. The van der Waals surface area contributed by atoms with Crippen molar-refractivity contribution in [1.29, 1.82) is 0 Å². The van der Waals surface area contributed by atoms with E-state index in [0.717, 1.165) is 17.3 Å². The molecule has 1 aliphatic heterocycles. The average Bonchev–Trinajstić information content (AvgIpc) is 3.32. The van der Waals surface area contributed by atoms with Crippen LogP contribution in [0.2, 0.25) is 0 Å². The minimum Gasteiger partial charge on any atom is -0.463 e. The molecule has 1 aromatic rings. The third-order valence-corrected chi connectivity index (χ3v) is 13.5. The van der Waals surface area contributed by atoms with E-state index in [-0.39, 0.29) is 98.2 Å². The van der Waals surface area contributed by atoms with Gasteiger partial charge in [-0.25, -0.2) is 6.57 Å². The number of ether oxygens (including phenoxy) is 7. The molecular weight excluding hydrogens is 955 g/mol. The van der Waals surface area contributed by atoms with E-state index in [0.29, 0.717) is 24.0 Å². The van der Waals surface area contributed by atoms with Crippen molar-refractivity contribution < 1.29 is 72.8 Å². The Bertz CT molecular complexity index is 1880. The van der Waals surface area contributed by atoms with E-state index in [4.69, 9.17) is 57.5 Å². The van der Waals surface area contributed by atoms with Crippen molar-refractivity contribution in [1.82, 2.24) is 16.0 Å². The van der Waals surface area contributed by atoms with Gasteiger partial charge in [0.05, 0.1) is 93.5 Å². The van der Waals surface area contributed by atoms with Gasteiger partial charge in [-0.05, 0) is 36.8 Å². The molecule has 1 aromatic carbocycles. The van der Waals surface area contributed by atoms with E-state index in [1.54, 1.807) is 20.8 Å². The van der Waals surface area contributed by atoms with E-state index >= 15 is 0 Å². The zero-order chi connectivity index (χ0) is 52.2. The van der Waals surface area contributed by atoms with Gasteiger partial charge >= 0.3 is 5.97 Å². The number of carbonyl (C=O) groups is 4. The molecule has 7 N–H and O–H groups in total. The number of amides is 3. The van der Waals surface area contributed by atoms with E-state index < -0.39 is 82.1 Å². The van der Waals surface area contributed by atoms with Gasteiger partial charge in [0.15, 0.2) is 6.29 Å². The molecule has 22 nitrogen and oxygen atoms in total. The monoisotopic (exact) mass is 1030 g/mol. The molecular formula is C46H73N7O15S2. The summed E-state index contributed by atoms with van der Waals surface area (Å²) in [6.45, 7) is 19.2. The highest BCUT2D eigenvalue weighted by Gasteiger charge is 2.56. The van der Waals surface area contributed by atoms with Gasteiger partial charge in [-0.2, -0.15) is 0 Å². The summed E-state index contributed by atoms with van der Waals surface area (Å²) < 4.78 is 37.7. The highest BCUT2D eigenvalue weighted by Crippen LogP contribution is 2.53. The molecule has 24 heteroatoms. The second-order valence-corrected chi connectivity index (χ2v) is 20.0. The Balaban J connectivity index is 2.19. The van der Waals surface area contributed by atoms with Crippen LogP contribution in [-0.2, 0) is 52.3 Å². The quantitative estimate of drug-likeness (QED) is 0.00975. The number of thioether (sulfide) groups is 1. The lowest BCUT2D eigenvalue weighted by Crippen LogP contribution is -2.64. The Morgan fingerprint density at radius 1 is 0.843 bits per heavy atom. The zero-order valence-corrected chi connectivity index (χ0v) is 42.7. The first-order chi connectivity index (χ1) is 33.2. The topological polar surface area (TPSA) is 303 Å². The number of benzene rings is 1. The van der Waals surface area contributed by atoms with Crippen molar-refractivity contribution in [2.45, 2.75) is 108 Å². The minimum absolute atomic E-state index is 0.00816. The Hall–Kier alpha value is -4.06. The average molecular weight is 1030 g/mol. The van der Waals surface area contributed by atoms with Crippen LogP contribution in [0.25, 0.3) is 15.3 Å². The number of carbonyl (C=O) groups excluding carboxylic acids is 4. The van der Waals surface area contributed by atoms with Crippen molar-refractivity contribution in [2.24, 2.45) is 15.9 Å². The second kappa shape index (κ2) is 32.1. The lowest BCUT2D eigenvalue weighted by atomic mass is 9.57. The maximum atomic E-state index is 14.7. The zero-order valence-electron chi connectivity index (χ0n) is 41.1. The number of azide groups is 1. The molecule has 394 valence electrons. The molecule has 0 saturated carbocycles. The fourth-order valence-corrected chi connectivity index (χ4v) is 9.64. The van der Waals surface area contributed by atoms with E-state index in [2.05, 4.69) is 30.8 Å². The highest BCUT2D eigenvalue weighted by molar-refractivity contribution is 8.25. The van der Waals surface area contributed by atoms with Crippen molar-refractivity contribution in [3.63, 3.8) is 0 Å². The number of aliphatic hydroxyl groups excluding tert-OH is 4. The Morgan fingerprint density at radius 2 is 1.44 bits per heavy atom. The molecule has 4 unspecified atom stereocenters. The predicted molar refractivity (Wildman–Crippen MR) is 262 cm³/mol. The second-order valence-electron chi connectivity index (χ2n) is 17.8. The summed E-state index contributed by atoms with van der Waals surface area (Å²) in [4.78, 5) is 60.1. The number of nitrogens with zero attached hydrogens (tertiary/aromatic N) is 4. The Labute approximate surface area is 420 Å². The molecule has 1 fully saturated rings. The summed E-state index contributed by atoms with van der Waals surface area (Å²) >= 11 is 6.99. The lowest BCUT2D eigenvalue weighted by molar-refractivity contribution is -0.272. The SMILES string of the molecule is [C-]#[N+]C(C)(CCC(=O)OCCOCCOCCOCCN=[N+]=[N-])CC(C)(C(=O)NCCOCCO[C@@H]1O[C@H](CO)C(O)[C@H](O)[C@H]1NC(C)=O)C(C)(C)CC(C)(SC(=S)c1ccccc1)C(=O)NCCO.